The van der Waals surface area contributed by atoms with E-state index in [4.69, 9.17) is 0 Å². The number of rotatable bonds is 2. The maximum Gasteiger partial charge on any atom is 0.431 e. The van der Waals surface area contributed by atoms with Crippen LogP contribution in [0.25, 0.3) is 0 Å². The average molecular weight is 215 g/mol. The summed E-state index contributed by atoms with van der Waals surface area (Å²) in [6, 6.07) is 0. The van der Waals surface area contributed by atoms with Crippen molar-refractivity contribution in [1.82, 2.24) is 16.1 Å². The number of hydrogen-bond donors (Lipinski definition) is 3. The van der Waals surface area contributed by atoms with Gasteiger partial charge in [0.25, 0.3) is 5.91 Å². The summed E-state index contributed by atoms with van der Waals surface area (Å²) in [5, 5.41) is 5.57. The zero-order valence-corrected chi connectivity index (χ0v) is 8.84. The van der Waals surface area contributed by atoms with Crippen molar-refractivity contribution in [3.05, 3.63) is 0 Å². The van der Waals surface area contributed by atoms with Crippen molar-refractivity contribution in [3.8, 4) is 0 Å². The Kier molecular flexibility index (Phi) is 4.89. The van der Waals surface area contributed by atoms with Crippen molar-refractivity contribution < 1.29 is 14.4 Å². The van der Waals surface area contributed by atoms with Crippen molar-refractivity contribution in [2.75, 3.05) is 19.6 Å². The summed E-state index contributed by atoms with van der Waals surface area (Å²) in [4.78, 5) is 26.9. The Labute approximate surface area is 88.7 Å². The second kappa shape index (κ2) is 6.23. The van der Waals surface area contributed by atoms with E-state index in [0.717, 1.165) is 25.9 Å². The quantitative estimate of drug-likeness (QED) is 0.556. The minimum atomic E-state index is -0.625. The lowest BCUT2D eigenvalue weighted by Gasteiger charge is -2.21. The standard InChI is InChI=1S/C9H17N3O3/c1-2-11-9(14)15-12-8(13)7-3-5-10-6-4-7/h7,10H,2-6H2,1H3,(H,11,14)(H,12,13). The van der Waals surface area contributed by atoms with E-state index < -0.39 is 6.09 Å². The lowest BCUT2D eigenvalue weighted by molar-refractivity contribution is -0.134. The molecule has 2 amide bonds. The fraction of sp³-hybridized carbons (Fsp3) is 0.778. The molecule has 1 heterocycles. The third kappa shape index (κ3) is 4.16. The fourth-order valence-electron chi connectivity index (χ4n) is 1.44. The molecule has 0 radical (unpaired) electrons. The normalized spacial score (nSPS) is 16.9. The van der Waals surface area contributed by atoms with Gasteiger partial charge in [0.2, 0.25) is 0 Å². The number of hydroxylamine groups is 1. The highest BCUT2D eigenvalue weighted by Crippen LogP contribution is 2.10. The number of nitrogens with one attached hydrogen (secondary N) is 3. The number of carbonyl (C=O) groups is 2. The van der Waals surface area contributed by atoms with E-state index in [1.54, 1.807) is 6.92 Å². The van der Waals surface area contributed by atoms with Gasteiger partial charge in [-0.3, -0.25) is 4.79 Å². The Morgan fingerprint density at radius 2 is 2.07 bits per heavy atom. The minimum absolute atomic E-state index is 0.0549. The third-order valence-corrected chi connectivity index (χ3v) is 2.28. The van der Waals surface area contributed by atoms with Gasteiger partial charge in [-0.2, -0.15) is 5.48 Å². The predicted octanol–water partition coefficient (Wildman–Crippen LogP) is -0.237. The molecule has 1 fully saturated rings. The first-order chi connectivity index (χ1) is 7.24. The van der Waals surface area contributed by atoms with Crippen molar-refractivity contribution in [2.24, 2.45) is 5.92 Å². The highest BCUT2D eigenvalue weighted by atomic mass is 16.7. The Hall–Kier alpha value is -1.30. The van der Waals surface area contributed by atoms with Crippen LogP contribution in [0.4, 0.5) is 4.79 Å². The number of carbonyl (C=O) groups excluding carboxylic acids is 2. The lowest BCUT2D eigenvalue weighted by Crippen LogP contribution is -2.40. The van der Waals surface area contributed by atoms with E-state index >= 15 is 0 Å². The summed E-state index contributed by atoms with van der Waals surface area (Å²) >= 11 is 0. The first-order valence-electron chi connectivity index (χ1n) is 5.19. The molecule has 0 spiro atoms. The number of hydrogen-bond acceptors (Lipinski definition) is 4. The number of amides is 2. The van der Waals surface area contributed by atoms with Gasteiger partial charge in [0.15, 0.2) is 0 Å². The minimum Gasteiger partial charge on any atom is -0.322 e. The Morgan fingerprint density at radius 1 is 1.40 bits per heavy atom. The van der Waals surface area contributed by atoms with Crippen molar-refractivity contribution in [2.45, 2.75) is 19.8 Å². The first kappa shape index (κ1) is 11.8. The van der Waals surface area contributed by atoms with Crippen LogP contribution in [0.5, 0.6) is 0 Å². The molecule has 0 unspecified atom stereocenters. The zero-order valence-electron chi connectivity index (χ0n) is 8.84. The SMILES string of the molecule is CCNC(=O)ONC(=O)C1CCNCC1. The second-order valence-electron chi connectivity index (χ2n) is 3.41. The average Bonchev–Trinajstić information content (AvgIpc) is 2.27. The second-order valence-corrected chi connectivity index (χ2v) is 3.41. The van der Waals surface area contributed by atoms with Gasteiger partial charge in [0.05, 0.1) is 0 Å². The van der Waals surface area contributed by atoms with Crippen molar-refractivity contribution in [1.29, 1.82) is 0 Å². The topological polar surface area (TPSA) is 79.5 Å². The molecule has 0 bridgehead atoms. The highest BCUT2D eigenvalue weighted by molar-refractivity contribution is 5.79. The molecular formula is C9H17N3O3. The van der Waals surface area contributed by atoms with Gasteiger partial charge < -0.3 is 15.5 Å². The summed E-state index contributed by atoms with van der Waals surface area (Å²) in [7, 11) is 0. The summed E-state index contributed by atoms with van der Waals surface area (Å²) < 4.78 is 0. The van der Waals surface area contributed by atoms with Gasteiger partial charge in [-0.25, -0.2) is 4.79 Å². The van der Waals surface area contributed by atoms with E-state index in [1.165, 1.54) is 0 Å². The largest absolute Gasteiger partial charge is 0.431 e. The molecule has 1 aliphatic rings. The Morgan fingerprint density at radius 3 is 2.67 bits per heavy atom. The van der Waals surface area contributed by atoms with E-state index in [1.807, 2.05) is 0 Å². The summed E-state index contributed by atoms with van der Waals surface area (Å²) in [5.74, 6) is -0.275. The van der Waals surface area contributed by atoms with Gasteiger partial charge in [0.1, 0.15) is 0 Å². The Balaban J connectivity index is 2.19. The van der Waals surface area contributed by atoms with Crippen LogP contribution >= 0.6 is 0 Å². The molecular weight excluding hydrogens is 198 g/mol. The molecule has 0 aromatic carbocycles. The van der Waals surface area contributed by atoms with Crippen LogP contribution in [0.3, 0.4) is 0 Å². The molecule has 0 aromatic rings. The monoisotopic (exact) mass is 215 g/mol. The molecule has 6 nitrogen and oxygen atoms in total. The van der Waals surface area contributed by atoms with Crippen molar-refractivity contribution >= 4 is 12.0 Å². The van der Waals surface area contributed by atoms with Crippen molar-refractivity contribution in [3.63, 3.8) is 0 Å². The van der Waals surface area contributed by atoms with E-state index in [0.29, 0.717) is 6.54 Å². The zero-order chi connectivity index (χ0) is 11.1. The Bertz CT molecular complexity index is 227. The van der Waals surface area contributed by atoms with Gasteiger partial charge in [-0.05, 0) is 32.9 Å². The van der Waals surface area contributed by atoms with Crippen LogP contribution in [0.15, 0.2) is 0 Å². The fourth-order valence-corrected chi connectivity index (χ4v) is 1.44. The number of piperidine rings is 1. The molecule has 1 rings (SSSR count). The van der Waals surface area contributed by atoms with Gasteiger partial charge in [0, 0.05) is 12.5 Å². The molecule has 0 aliphatic carbocycles. The predicted molar refractivity (Wildman–Crippen MR) is 53.9 cm³/mol. The van der Waals surface area contributed by atoms with E-state index in [9.17, 15) is 9.59 Å². The van der Waals surface area contributed by atoms with Crippen LogP contribution in [0, 0.1) is 5.92 Å². The van der Waals surface area contributed by atoms with E-state index in [2.05, 4.69) is 21.0 Å². The molecule has 0 aromatic heterocycles. The molecule has 15 heavy (non-hydrogen) atoms. The molecule has 3 N–H and O–H groups in total. The maximum absolute atomic E-state index is 11.5. The smallest absolute Gasteiger partial charge is 0.322 e. The summed E-state index contributed by atoms with van der Waals surface area (Å²) in [5.41, 5.74) is 2.16. The first-order valence-corrected chi connectivity index (χ1v) is 5.19. The van der Waals surface area contributed by atoms with E-state index in [-0.39, 0.29) is 11.8 Å². The molecule has 1 saturated heterocycles. The van der Waals surface area contributed by atoms with Crippen LogP contribution in [-0.2, 0) is 9.63 Å². The summed E-state index contributed by atoms with van der Waals surface area (Å²) in [6.07, 6.45) is 0.939. The molecule has 0 atom stereocenters. The van der Waals surface area contributed by atoms with Gasteiger partial charge in [-0.15, -0.1) is 0 Å². The van der Waals surface area contributed by atoms with Crippen LogP contribution in [-0.4, -0.2) is 31.6 Å². The molecule has 0 saturated carbocycles. The van der Waals surface area contributed by atoms with Crippen LogP contribution in [0.2, 0.25) is 0 Å². The van der Waals surface area contributed by atoms with Crippen LogP contribution < -0.4 is 16.1 Å². The lowest BCUT2D eigenvalue weighted by atomic mass is 9.98. The molecule has 1 aliphatic heterocycles. The molecule has 6 heteroatoms. The summed E-state index contributed by atoms with van der Waals surface area (Å²) in [6.45, 7) is 3.91. The maximum atomic E-state index is 11.5. The third-order valence-electron chi connectivity index (χ3n) is 2.28. The van der Waals surface area contributed by atoms with Gasteiger partial charge >= 0.3 is 6.09 Å². The van der Waals surface area contributed by atoms with Gasteiger partial charge in [-0.1, -0.05) is 0 Å². The molecule has 86 valence electrons. The highest BCUT2D eigenvalue weighted by Gasteiger charge is 2.21. The van der Waals surface area contributed by atoms with Crippen LogP contribution in [0.1, 0.15) is 19.8 Å².